The summed E-state index contributed by atoms with van der Waals surface area (Å²) in [6.45, 7) is 3.68. The fourth-order valence-corrected chi connectivity index (χ4v) is 3.21. The number of urea groups is 1. The highest BCUT2D eigenvalue weighted by Gasteiger charge is 2.28. The molecule has 0 heterocycles. The number of carboxylic acids is 1. The number of carbonyl (C=O) groups excluding carboxylic acids is 1. The van der Waals surface area contributed by atoms with Crippen molar-refractivity contribution in [2.75, 3.05) is 0 Å². The molecule has 7 heteroatoms. The van der Waals surface area contributed by atoms with Gasteiger partial charge in [-0.25, -0.2) is 13.6 Å². The van der Waals surface area contributed by atoms with E-state index in [0.717, 1.165) is 6.07 Å². The number of hydrogen-bond donors (Lipinski definition) is 3. The van der Waals surface area contributed by atoms with E-state index < -0.39 is 29.7 Å². The highest BCUT2D eigenvalue weighted by atomic mass is 19.1. The van der Waals surface area contributed by atoms with Gasteiger partial charge in [-0.15, -0.1) is 0 Å². The predicted molar refractivity (Wildman–Crippen MR) is 89.0 cm³/mol. The third kappa shape index (κ3) is 5.14. The second-order valence-electron chi connectivity index (χ2n) is 6.89. The van der Waals surface area contributed by atoms with E-state index in [-0.39, 0.29) is 23.4 Å². The molecule has 1 aromatic carbocycles. The quantitative estimate of drug-likeness (QED) is 0.756. The van der Waals surface area contributed by atoms with Crippen LogP contribution in [0.15, 0.2) is 18.2 Å². The first-order valence-electron chi connectivity index (χ1n) is 8.52. The number of aliphatic carboxylic acids is 1. The minimum absolute atomic E-state index is 0.0894. The van der Waals surface area contributed by atoms with Crippen molar-refractivity contribution in [1.82, 2.24) is 10.6 Å². The van der Waals surface area contributed by atoms with Gasteiger partial charge in [0.15, 0.2) is 0 Å². The Labute approximate surface area is 145 Å². The summed E-state index contributed by atoms with van der Waals surface area (Å²) in [4.78, 5) is 23.2. The van der Waals surface area contributed by atoms with Crippen LogP contribution in [-0.2, 0) is 4.79 Å². The van der Waals surface area contributed by atoms with Crippen LogP contribution in [-0.4, -0.2) is 23.1 Å². The van der Waals surface area contributed by atoms with Crippen LogP contribution in [0.1, 0.15) is 51.1 Å². The maximum atomic E-state index is 14.0. The summed E-state index contributed by atoms with van der Waals surface area (Å²) < 4.78 is 27.1. The van der Waals surface area contributed by atoms with Crippen LogP contribution in [0.25, 0.3) is 0 Å². The van der Waals surface area contributed by atoms with E-state index in [4.69, 9.17) is 5.11 Å². The lowest BCUT2D eigenvalue weighted by Crippen LogP contribution is -2.46. The molecule has 2 rings (SSSR count). The molecule has 25 heavy (non-hydrogen) atoms. The van der Waals surface area contributed by atoms with Gasteiger partial charge in [0, 0.05) is 17.7 Å². The molecule has 0 aliphatic heterocycles. The first-order valence-corrected chi connectivity index (χ1v) is 8.52. The van der Waals surface area contributed by atoms with Gasteiger partial charge in [0.25, 0.3) is 0 Å². The van der Waals surface area contributed by atoms with Crippen LogP contribution in [0.4, 0.5) is 13.6 Å². The lowest BCUT2D eigenvalue weighted by molar-refractivity contribution is -0.142. The van der Waals surface area contributed by atoms with Gasteiger partial charge < -0.3 is 15.7 Å². The lowest BCUT2D eigenvalue weighted by atomic mass is 9.86. The first-order chi connectivity index (χ1) is 11.8. The molecule has 1 saturated carbocycles. The Bertz CT molecular complexity index is 629. The number of nitrogens with one attached hydrogen (secondary N) is 2. The van der Waals surface area contributed by atoms with E-state index in [9.17, 15) is 18.4 Å². The molecule has 1 unspecified atom stereocenters. The number of halogens is 2. The zero-order valence-electron chi connectivity index (χ0n) is 14.4. The van der Waals surface area contributed by atoms with E-state index in [1.54, 1.807) is 0 Å². The van der Waals surface area contributed by atoms with Crippen LogP contribution in [0, 0.1) is 23.5 Å². The molecule has 1 aliphatic rings. The monoisotopic (exact) mass is 354 g/mol. The molecule has 1 atom stereocenters. The van der Waals surface area contributed by atoms with Gasteiger partial charge in [-0.1, -0.05) is 19.9 Å². The topological polar surface area (TPSA) is 78.4 Å². The van der Waals surface area contributed by atoms with Crippen molar-refractivity contribution in [3.63, 3.8) is 0 Å². The Morgan fingerprint density at radius 2 is 1.80 bits per heavy atom. The van der Waals surface area contributed by atoms with Crippen LogP contribution in [0.5, 0.6) is 0 Å². The van der Waals surface area contributed by atoms with E-state index in [2.05, 4.69) is 10.6 Å². The van der Waals surface area contributed by atoms with E-state index in [1.165, 1.54) is 12.1 Å². The number of hydrogen-bond acceptors (Lipinski definition) is 2. The molecule has 0 radical (unpaired) electrons. The summed E-state index contributed by atoms with van der Waals surface area (Å²) in [6, 6.07) is 2.20. The average Bonchev–Trinajstić information content (AvgIpc) is 2.53. The number of carbonyl (C=O) groups is 2. The molecule has 138 valence electrons. The van der Waals surface area contributed by atoms with E-state index >= 15 is 0 Å². The highest BCUT2D eigenvalue weighted by Crippen LogP contribution is 2.26. The van der Waals surface area contributed by atoms with Crippen molar-refractivity contribution in [2.24, 2.45) is 11.8 Å². The zero-order valence-corrected chi connectivity index (χ0v) is 14.4. The van der Waals surface area contributed by atoms with Crippen molar-refractivity contribution in [1.29, 1.82) is 0 Å². The SMILES string of the molecule is CC(C)C(NC(=O)NC1CCC(C(=O)O)CC1)c1ccc(F)cc1F. The summed E-state index contributed by atoms with van der Waals surface area (Å²) in [6.07, 6.45) is 2.25. The van der Waals surface area contributed by atoms with Gasteiger partial charge in [0.1, 0.15) is 11.6 Å². The molecule has 0 aromatic heterocycles. The van der Waals surface area contributed by atoms with Crippen molar-refractivity contribution in [2.45, 2.75) is 51.6 Å². The number of amides is 2. The number of rotatable bonds is 5. The number of carboxylic acid groups (broad SMARTS) is 1. The van der Waals surface area contributed by atoms with Gasteiger partial charge in [0.05, 0.1) is 12.0 Å². The third-order valence-electron chi connectivity index (χ3n) is 4.66. The molecule has 2 amide bonds. The molecule has 1 fully saturated rings. The van der Waals surface area contributed by atoms with Crippen LogP contribution < -0.4 is 10.6 Å². The Kier molecular flexibility index (Phi) is 6.33. The summed E-state index contributed by atoms with van der Waals surface area (Å²) in [5, 5.41) is 14.6. The Morgan fingerprint density at radius 3 is 2.32 bits per heavy atom. The third-order valence-corrected chi connectivity index (χ3v) is 4.66. The smallest absolute Gasteiger partial charge is 0.315 e. The average molecular weight is 354 g/mol. The second-order valence-corrected chi connectivity index (χ2v) is 6.89. The van der Waals surface area contributed by atoms with Crippen LogP contribution in [0.2, 0.25) is 0 Å². The Hall–Kier alpha value is -2.18. The molecule has 0 bridgehead atoms. The number of benzene rings is 1. The Morgan fingerprint density at radius 1 is 1.16 bits per heavy atom. The minimum atomic E-state index is -0.797. The van der Waals surface area contributed by atoms with Crippen molar-refractivity contribution >= 4 is 12.0 Å². The van der Waals surface area contributed by atoms with Gasteiger partial charge in [-0.3, -0.25) is 4.79 Å². The normalized spacial score (nSPS) is 21.6. The van der Waals surface area contributed by atoms with Crippen molar-refractivity contribution in [3.05, 3.63) is 35.4 Å². The fraction of sp³-hybridized carbons (Fsp3) is 0.556. The summed E-state index contributed by atoms with van der Waals surface area (Å²) in [5.74, 6) is -2.59. The molecular weight excluding hydrogens is 330 g/mol. The molecular formula is C18H24F2N2O3. The predicted octanol–water partition coefficient (Wildman–Crippen LogP) is 3.60. The van der Waals surface area contributed by atoms with E-state index in [1.807, 2.05) is 13.8 Å². The second kappa shape index (κ2) is 8.27. The van der Waals surface area contributed by atoms with Crippen molar-refractivity contribution < 1.29 is 23.5 Å². The lowest BCUT2D eigenvalue weighted by Gasteiger charge is -2.29. The minimum Gasteiger partial charge on any atom is -0.481 e. The summed E-state index contributed by atoms with van der Waals surface area (Å²) >= 11 is 0. The Balaban J connectivity index is 1.96. The summed E-state index contributed by atoms with van der Waals surface area (Å²) in [5.41, 5.74) is 0.237. The molecule has 1 aromatic rings. The first kappa shape index (κ1) is 19.1. The van der Waals surface area contributed by atoms with E-state index in [0.29, 0.717) is 25.7 Å². The molecule has 3 N–H and O–H groups in total. The molecule has 5 nitrogen and oxygen atoms in total. The van der Waals surface area contributed by atoms with Crippen LogP contribution in [0.3, 0.4) is 0 Å². The highest BCUT2D eigenvalue weighted by molar-refractivity contribution is 5.75. The summed E-state index contributed by atoms with van der Waals surface area (Å²) in [7, 11) is 0. The van der Waals surface area contributed by atoms with Gasteiger partial charge >= 0.3 is 12.0 Å². The molecule has 0 saturated heterocycles. The standard InChI is InChI=1S/C18H24F2N2O3/c1-10(2)16(14-8-5-12(19)9-15(14)20)22-18(25)21-13-6-3-11(4-7-13)17(23)24/h5,8-11,13,16H,3-4,6-7H2,1-2H3,(H,23,24)(H2,21,22,25). The fourth-order valence-electron chi connectivity index (χ4n) is 3.21. The van der Waals surface area contributed by atoms with Gasteiger partial charge in [-0.2, -0.15) is 0 Å². The maximum Gasteiger partial charge on any atom is 0.315 e. The largest absolute Gasteiger partial charge is 0.481 e. The van der Waals surface area contributed by atoms with Gasteiger partial charge in [-0.05, 0) is 37.7 Å². The van der Waals surface area contributed by atoms with Gasteiger partial charge in [0.2, 0.25) is 0 Å². The van der Waals surface area contributed by atoms with Crippen LogP contribution >= 0.6 is 0 Å². The zero-order chi connectivity index (χ0) is 18.6. The molecule has 1 aliphatic carbocycles. The van der Waals surface area contributed by atoms with Crippen molar-refractivity contribution in [3.8, 4) is 0 Å². The molecule has 0 spiro atoms. The maximum absolute atomic E-state index is 14.0.